The average Bonchev–Trinajstić information content (AvgIpc) is 2.29. The molecule has 0 spiro atoms. The summed E-state index contributed by atoms with van der Waals surface area (Å²) in [6.07, 6.45) is 13.3. The maximum atomic E-state index is 3.60. The third kappa shape index (κ3) is 2.55. The van der Waals surface area contributed by atoms with Gasteiger partial charge in [-0.15, -0.1) is 0 Å². The summed E-state index contributed by atoms with van der Waals surface area (Å²) in [7, 11) is 0. The van der Waals surface area contributed by atoms with E-state index >= 15 is 0 Å². The number of fused-ring (bicyclic) bond motifs is 1. The van der Waals surface area contributed by atoms with E-state index in [-0.39, 0.29) is 0 Å². The van der Waals surface area contributed by atoms with E-state index in [1.807, 2.05) is 0 Å². The molecule has 0 radical (unpaired) electrons. The minimum absolute atomic E-state index is 0.763. The first-order valence-corrected chi connectivity index (χ1v) is 7.08. The standard InChI is InChI=1S/C14H27N/c1-2-3-5-8-14-9-6-4-7-13(14)12-15-11-10-14/h13,15H,2-12H2,1H3. The van der Waals surface area contributed by atoms with Gasteiger partial charge in [0.25, 0.3) is 0 Å². The van der Waals surface area contributed by atoms with E-state index in [4.69, 9.17) is 0 Å². The van der Waals surface area contributed by atoms with E-state index in [9.17, 15) is 0 Å². The average molecular weight is 209 g/mol. The summed E-state index contributed by atoms with van der Waals surface area (Å²) in [5.41, 5.74) is 0.763. The first kappa shape index (κ1) is 11.4. The molecular formula is C14H27N. The van der Waals surface area contributed by atoms with E-state index in [1.165, 1.54) is 70.9 Å². The lowest BCUT2D eigenvalue weighted by molar-refractivity contribution is 0.0450. The van der Waals surface area contributed by atoms with Crippen LogP contribution in [-0.4, -0.2) is 13.1 Å². The van der Waals surface area contributed by atoms with E-state index in [2.05, 4.69) is 12.2 Å². The number of nitrogens with one attached hydrogen (secondary N) is 1. The molecule has 15 heavy (non-hydrogen) atoms. The van der Waals surface area contributed by atoms with Crippen molar-refractivity contribution in [2.45, 2.75) is 64.7 Å². The second-order valence-electron chi connectivity index (χ2n) is 5.72. The van der Waals surface area contributed by atoms with Crippen molar-refractivity contribution in [1.29, 1.82) is 0 Å². The van der Waals surface area contributed by atoms with Crippen LogP contribution in [0.5, 0.6) is 0 Å². The molecule has 2 rings (SSSR count). The maximum Gasteiger partial charge on any atom is -0.00152 e. The smallest absolute Gasteiger partial charge is 0.00152 e. The van der Waals surface area contributed by atoms with E-state index in [1.54, 1.807) is 0 Å². The number of hydrogen-bond donors (Lipinski definition) is 1. The minimum Gasteiger partial charge on any atom is -0.316 e. The molecule has 2 fully saturated rings. The molecule has 2 atom stereocenters. The third-order valence-corrected chi connectivity index (χ3v) is 4.81. The van der Waals surface area contributed by atoms with E-state index in [0.717, 1.165) is 11.3 Å². The molecule has 0 aromatic heterocycles. The molecule has 1 saturated heterocycles. The predicted octanol–water partition coefficient (Wildman–Crippen LogP) is 3.74. The van der Waals surface area contributed by atoms with Crippen molar-refractivity contribution < 1.29 is 0 Å². The Kier molecular flexibility index (Phi) is 4.07. The molecule has 2 aliphatic rings. The van der Waals surface area contributed by atoms with Gasteiger partial charge in [0.15, 0.2) is 0 Å². The molecule has 1 saturated carbocycles. The van der Waals surface area contributed by atoms with Crippen LogP contribution in [0.15, 0.2) is 0 Å². The van der Waals surface area contributed by atoms with Gasteiger partial charge in [-0.25, -0.2) is 0 Å². The number of unbranched alkanes of at least 4 members (excludes halogenated alkanes) is 2. The Labute approximate surface area is 95.0 Å². The lowest BCUT2D eigenvalue weighted by Crippen LogP contribution is -2.46. The lowest BCUT2D eigenvalue weighted by Gasteiger charge is -2.48. The van der Waals surface area contributed by atoms with Gasteiger partial charge in [0.05, 0.1) is 0 Å². The number of piperidine rings is 1. The zero-order valence-corrected chi connectivity index (χ0v) is 10.4. The Hall–Kier alpha value is -0.0400. The molecule has 2 unspecified atom stereocenters. The highest BCUT2D eigenvalue weighted by Gasteiger charge is 2.41. The third-order valence-electron chi connectivity index (χ3n) is 4.81. The summed E-state index contributed by atoms with van der Waals surface area (Å²) >= 11 is 0. The molecule has 88 valence electrons. The lowest BCUT2D eigenvalue weighted by atomic mass is 9.60. The molecule has 1 heterocycles. The number of hydrogen-bond acceptors (Lipinski definition) is 1. The van der Waals surface area contributed by atoms with Gasteiger partial charge >= 0.3 is 0 Å². The summed E-state index contributed by atoms with van der Waals surface area (Å²) in [4.78, 5) is 0. The van der Waals surface area contributed by atoms with Gasteiger partial charge in [0, 0.05) is 0 Å². The van der Waals surface area contributed by atoms with Crippen LogP contribution in [0.3, 0.4) is 0 Å². The molecule has 1 aliphatic carbocycles. The quantitative estimate of drug-likeness (QED) is 0.696. The van der Waals surface area contributed by atoms with E-state index < -0.39 is 0 Å². The highest BCUT2D eigenvalue weighted by atomic mass is 14.9. The predicted molar refractivity (Wildman–Crippen MR) is 66.0 cm³/mol. The van der Waals surface area contributed by atoms with Crippen LogP contribution >= 0.6 is 0 Å². The molecule has 1 aliphatic heterocycles. The first-order chi connectivity index (χ1) is 7.37. The van der Waals surface area contributed by atoms with Gasteiger partial charge in [-0.05, 0) is 50.1 Å². The summed E-state index contributed by atoms with van der Waals surface area (Å²) in [5, 5.41) is 3.60. The fraction of sp³-hybridized carbons (Fsp3) is 1.00. The number of rotatable bonds is 4. The van der Waals surface area contributed by atoms with Crippen molar-refractivity contribution in [3.05, 3.63) is 0 Å². The first-order valence-electron chi connectivity index (χ1n) is 7.08. The Balaban J connectivity index is 1.92. The summed E-state index contributed by atoms with van der Waals surface area (Å²) < 4.78 is 0. The Morgan fingerprint density at radius 3 is 3.00 bits per heavy atom. The van der Waals surface area contributed by atoms with Crippen LogP contribution in [0.25, 0.3) is 0 Å². The van der Waals surface area contributed by atoms with Gasteiger partial charge in [0.1, 0.15) is 0 Å². The van der Waals surface area contributed by atoms with Crippen LogP contribution in [0.1, 0.15) is 64.7 Å². The fourth-order valence-corrected chi connectivity index (χ4v) is 3.82. The topological polar surface area (TPSA) is 12.0 Å². The highest BCUT2D eigenvalue weighted by molar-refractivity contribution is 4.93. The molecule has 0 aromatic carbocycles. The molecule has 0 bridgehead atoms. The Bertz CT molecular complexity index is 176. The molecule has 0 aromatic rings. The normalized spacial score (nSPS) is 36.2. The Morgan fingerprint density at radius 1 is 1.20 bits per heavy atom. The van der Waals surface area contributed by atoms with Crippen LogP contribution < -0.4 is 5.32 Å². The van der Waals surface area contributed by atoms with Crippen LogP contribution in [0.4, 0.5) is 0 Å². The minimum atomic E-state index is 0.763. The van der Waals surface area contributed by atoms with Gasteiger partial charge < -0.3 is 5.32 Å². The van der Waals surface area contributed by atoms with Crippen molar-refractivity contribution >= 4 is 0 Å². The molecule has 1 N–H and O–H groups in total. The SMILES string of the molecule is CCCCCC12CCCCC1CNCC2. The van der Waals surface area contributed by atoms with Crippen molar-refractivity contribution in [3.63, 3.8) is 0 Å². The largest absolute Gasteiger partial charge is 0.316 e. The van der Waals surface area contributed by atoms with Crippen LogP contribution in [0, 0.1) is 11.3 Å². The Morgan fingerprint density at radius 2 is 2.13 bits per heavy atom. The molecule has 1 nitrogen and oxygen atoms in total. The van der Waals surface area contributed by atoms with Gasteiger partial charge in [-0.3, -0.25) is 0 Å². The van der Waals surface area contributed by atoms with Crippen molar-refractivity contribution in [2.24, 2.45) is 11.3 Å². The highest BCUT2D eigenvalue weighted by Crippen LogP contribution is 2.48. The zero-order valence-electron chi connectivity index (χ0n) is 10.4. The van der Waals surface area contributed by atoms with E-state index in [0.29, 0.717) is 0 Å². The fourth-order valence-electron chi connectivity index (χ4n) is 3.82. The molecule has 0 amide bonds. The molecule has 1 heteroatoms. The second-order valence-corrected chi connectivity index (χ2v) is 5.72. The van der Waals surface area contributed by atoms with Crippen molar-refractivity contribution in [3.8, 4) is 0 Å². The van der Waals surface area contributed by atoms with Gasteiger partial charge in [0.2, 0.25) is 0 Å². The molecular weight excluding hydrogens is 182 g/mol. The summed E-state index contributed by atoms with van der Waals surface area (Å²) in [5.74, 6) is 1.01. The second kappa shape index (κ2) is 5.34. The van der Waals surface area contributed by atoms with Crippen molar-refractivity contribution in [1.82, 2.24) is 5.32 Å². The zero-order chi connectivity index (χ0) is 10.6. The summed E-state index contributed by atoms with van der Waals surface area (Å²) in [6, 6.07) is 0. The van der Waals surface area contributed by atoms with Gasteiger partial charge in [-0.2, -0.15) is 0 Å². The summed E-state index contributed by atoms with van der Waals surface area (Å²) in [6.45, 7) is 4.91. The monoisotopic (exact) mass is 209 g/mol. The van der Waals surface area contributed by atoms with Crippen LogP contribution in [0.2, 0.25) is 0 Å². The van der Waals surface area contributed by atoms with Gasteiger partial charge in [-0.1, -0.05) is 39.0 Å². The van der Waals surface area contributed by atoms with Crippen molar-refractivity contribution in [2.75, 3.05) is 13.1 Å². The van der Waals surface area contributed by atoms with Crippen LogP contribution in [-0.2, 0) is 0 Å². The maximum absolute atomic E-state index is 3.60.